The van der Waals surface area contributed by atoms with Crippen LogP contribution in [0.15, 0.2) is 12.1 Å². The summed E-state index contributed by atoms with van der Waals surface area (Å²) >= 11 is 6.16. The molecule has 0 amide bonds. The van der Waals surface area contributed by atoms with Crippen LogP contribution in [0.2, 0.25) is 0 Å². The van der Waals surface area contributed by atoms with Crippen LogP contribution in [0.3, 0.4) is 0 Å². The SMILES string of the molecule is CC(Cl)c1nc2ccc(C(=O)O)nc2n1C[C@@H]1CCO1. The molecule has 1 aliphatic rings. The zero-order valence-electron chi connectivity index (χ0n) is 10.9. The Kier molecular flexibility index (Phi) is 3.35. The van der Waals surface area contributed by atoms with Crippen LogP contribution in [0.1, 0.15) is 35.0 Å². The minimum Gasteiger partial charge on any atom is -0.477 e. The molecule has 2 aromatic heterocycles. The van der Waals surface area contributed by atoms with Gasteiger partial charge in [0.1, 0.15) is 11.3 Å². The van der Waals surface area contributed by atoms with Gasteiger partial charge in [0, 0.05) is 6.61 Å². The number of pyridine rings is 1. The molecule has 1 unspecified atom stereocenters. The summed E-state index contributed by atoms with van der Waals surface area (Å²) in [5.41, 5.74) is 1.20. The fourth-order valence-corrected chi connectivity index (χ4v) is 2.42. The molecule has 0 bridgehead atoms. The maximum Gasteiger partial charge on any atom is 0.354 e. The van der Waals surface area contributed by atoms with Crippen LogP contribution in [-0.4, -0.2) is 38.3 Å². The number of aromatic nitrogens is 3. The Morgan fingerprint density at radius 3 is 2.90 bits per heavy atom. The van der Waals surface area contributed by atoms with Gasteiger partial charge in [0.15, 0.2) is 11.3 Å². The van der Waals surface area contributed by atoms with Crippen LogP contribution in [-0.2, 0) is 11.3 Å². The van der Waals surface area contributed by atoms with Crippen molar-refractivity contribution in [2.75, 3.05) is 6.61 Å². The zero-order valence-corrected chi connectivity index (χ0v) is 11.7. The number of aromatic carboxylic acids is 1. The van der Waals surface area contributed by atoms with E-state index in [0.717, 1.165) is 13.0 Å². The van der Waals surface area contributed by atoms with Crippen LogP contribution >= 0.6 is 11.6 Å². The highest BCUT2D eigenvalue weighted by molar-refractivity contribution is 6.20. The van der Waals surface area contributed by atoms with Crippen molar-refractivity contribution >= 4 is 28.7 Å². The first-order chi connectivity index (χ1) is 9.56. The van der Waals surface area contributed by atoms with E-state index in [1.807, 2.05) is 11.5 Å². The molecule has 1 N–H and O–H groups in total. The number of carboxylic acids is 1. The molecule has 3 heterocycles. The highest BCUT2D eigenvalue weighted by Crippen LogP contribution is 2.26. The molecular weight excluding hydrogens is 282 g/mol. The normalized spacial score (nSPS) is 19.8. The van der Waals surface area contributed by atoms with Crippen molar-refractivity contribution in [2.24, 2.45) is 0 Å². The Bertz CT molecular complexity index is 664. The molecule has 1 aliphatic heterocycles. The first-order valence-electron chi connectivity index (χ1n) is 6.42. The van der Waals surface area contributed by atoms with Crippen LogP contribution in [0.25, 0.3) is 11.2 Å². The number of fused-ring (bicyclic) bond motifs is 1. The van der Waals surface area contributed by atoms with Gasteiger partial charge in [-0.05, 0) is 25.5 Å². The van der Waals surface area contributed by atoms with E-state index < -0.39 is 5.97 Å². The van der Waals surface area contributed by atoms with Crippen molar-refractivity contribution in [1.82, 2.24) is 14.5 Å². The fourth-order valence-electron chi connectivity index (χ4n) is 2.25. The molecule has 0 spiro atoms. The summed E-state index contributed by atoms with van der Waals surface area (Å²) in [4.78, 5) is 19.7. The Labute approximate surface area is 120 Å². The summed E-state index contributed by atoms with van der Waals surface area (Å²) < 4.78 is 7.29. The van der Waals surface area contributed by atoms with Crippen LogP contribution in [0, 0.1) is 0 Å². The standard InChI is InChI=1S/C13H14ClN3O3/c1-7(14)11-15-9-2-3-10(13(18)19)16-12(9)17(11)6-8-4-5-20-8/h2-3,7-8H,4-6H2,1H3,(H,18,19)/t7?,8-/m0/s1. The Balaban J connectivity index is 2.11. The van der Waals surface area contributed by atoms with Crippen molar-refractivity contribution in [2.45, 2.75) is 31.4 Å². The van der Waals surface area contributed by atoms with Gasteiger partial charge < -0.3 is 14.4 Å². The third-order valence-corrected chi connectivity index (χ3v) is 3.57. The van der Waals surface area contributed by atoms with E-state index in [2.05, 4.69) is 9.97 Å². The number of carbonyl (C=O) groups is 1. The molecule has 2 aromatic rings. The number of hydrogen-bond acceptors (Lipinski definition) is 4. The minimum absolute atomic E-state index is 0.00181. The minimum atomic E-state index is -1.06. The van der Waals surface area contributed by atoms with E-state index in [-0.39, 0.29) is 17.2 Å². The van der Waals surface area contributed by atoms with Crippen LogP contribution in [0.4, 0.5) is 0 Å². The second-order valence-electron chi connectivity index (χ2n) is 4.82. The fraction of sp³-hybridized carbons (Fsp3) is 0.462. The van der Waals surface area contributed by atoms with Gasteiger partial charge in [-0.3, -0.25) is 0 Å². The van der Waals surface area contributed by atoms with Gasteiger partial charge in [-0.2, -0.15) is 0 Å². The molecule has 6 nitrogen and oxygen atoms in total. The number of carboxylic acid groups (broad SMARTS) is 1. The number of halogens is 1. The lowest BCUT2D eigenvalue weighted by molar-refractivity contribution is -0.0590. The third-order valence-electron chi connectivity index (χ3n) is 3.38. The Morgan fingerprint density at radius 2 is 2.35 bits per heavy atom. The first kappa shape index (κ1) is 13.3. The van der Waals surface area contributed by atoms with Crippen LogP contribution in [0.5, 0.6) is 0 Å². The maximum atomic E-state index is 11.0. The molecular formula is C13H14ClN3O3. The molecule has 20 heavy (non-hydrogen) atoms. The van der Waals surface area contributed by atoms with Crippen molar-refractivity contribution in [1.29, 1.82) is 0 Å². The summed E-state index contributed by atoms with van der Waals surface area (Å²) in [5.74, 6) is -0.368. The average Bonchev–Trinajstić information content (AvgIpc) is 2.71. The molecule has 2 atom stereocenters. The summed E-state index contributed by atoms with van der Waals surface area (Å²) in [6.07, 6.45) is 1.10. The van der Waals surface area contributed by atoms with Gasteiger partial charge in [0.2, 0.25) is 0 Å². The summed E-state index contributed by atoms with van der Waals surface area (Å²) in [5, 5.41) is 8.77. The van der Waals surface area contributed by atoms with Crippen molar-refractivity contribution in [3.63, 3.8) is 0 Å². The summed E-state index contributed by atoms with van der Waals surface area (Å²) in [6, 6.07) is 3.11. The van der Waals surface area contributed by atoms with Gasteiger partial charge in [0.25, 0.3) is 0 Å². The third kappa shape index (κ3) is 2.25. The van der Waals surface area contributed by atoms with E-state index in [0.29, 0.717) is 23.5 Å². The largest absolute Gasteiger partial charge is 0.477 e. The second-order valence-corrected chi connectivity index (χ2v) is 5.48. The predicted octanol–water partition coefficient (Wildman–Crippen LogP) is 2.22. The number of rotatable bonds is 4. The second kappa shape index (κ2) is 5.03. The number of imidazole rings is 1. The van der Waals surface area contributed by atoms with E-state index in [1.54, 1.807) is 6.07 Å². The number of ether oxygens (including phenoxy) is 1. The molecule has 7 heteroatoms. The first-order valence-corrected chi connectivity index (χ1v) is 6.86. The van der Waals surface area contributed by atoms with Crippen LogP contribution < -0.4 is 0 Å². The zero-order chi connectivity index (χ0) is 14.3. The lowest BCUT2D eigenvalue weighted by atomic mass is 10.2. The molecule has 106 valence electrons. The Hall–Kier alpha value is -1.66. The van der Waals surface area contributed by atoms with Crippen molar-refractivity contribution < 1.29 is 14.6 Å². The monoisotopic (exact) mass is 295 g/mol. The molecule has 1 fully saturated rings. The van der Waals surface area contributed by atoms with Gasteiger partial charge in [-0.1, -0.05) is 0 Å². The van der Waals surface area contributed by atoms with E-state index in [4.69, 9.17) is 21.4 Å². The predicted molar refractivity (Wildman–Crippen MR) is 73.1 cm³/mol. The molecule has 0 radical (unpaired) electrons. The van der Waals surface area contributed by atoms with E-state index >= 15 is 0 Å². The smallest absolute Gasteiger partial charge is 0.354 e. The van der Waals surface area contributed by atoms with Gasteiger partial charge in [-0.15, -0.1) is 11.6 Å². The highest BCUT2D eigenvalue weighted by Gasteiger charge is 2.24. The number of hydrogen-bond donors (Lipinski definition) is 1. The molecule has 1 saturated heterocycles. The lowest BCUT2D eigenvalue weighted by Gasteiger charge is -2.27. The Morgan fingerprint density at radius 1 is 1.60 bits per heavy atom. The molecule has 0 aromatic carbocycles. The topological polar surface area (TPSA) is 77.2 Å². The highest BCUT2D eigenvalue weighted by atomic mass is 35.5. The lowest BCUT2D eigenvalue weighted by Crippen LogP contribution is -2.32. The molecule has 3 rings (SSSR count). The number of alkyl halides is 1. The summed E-state index contributed by atoms with van der Waals surface area (Å²) in [6.45, 7) is 3.19. The van der Waals surface area contributed by atoms with Crippen molar-refractivity contribution in [3.05, 3.63) is 23.7 Å². The van der Waals surface area contributed by atoms with E-state index in [1.165, 1.54) is 6.07 Å². The molecule has 0 saturated carbocycles. The molecule has 0 aliphatic carbocycles. The quantitative estimate of drug-likeness (QED) is 0.875. The van der Waals surface area contributed by atoms with Gasteiger partial charge in [0.05, 0.1) is 18.0 Å². The number of nitrogens with zero attached hydrogens (tertiary/aromatic N) is 3. The average molecular weight is 296 g/mol. The van der Waals surface area contributed by atoms with Gasteiger partial charge >= 0.3 is 5.97 Å². The summed E-state index contributed by atoms with van der Waals surface area (Å²) in [7, 11) is 0. The van der Waals surface area contributed by atoms with E-state index in [9.17, 15) is 4.79 Å². The van der Waals surface area contributed by atoms with Crippen molar-refractivity contribution in [3.8, 4) is 0 Å². The van der Waals surface area contributed by atoms with Gasteiger partial charge in [-0.25, -0.2) is 14.8 Å². The maximum absolute atomic E-state index is 11.0.